The first-order valence-corrected chi connectivity index (χ1v) is 6.82. The highest BCUT2D eigenvalue weighted by Crippen LogP contribution is 2.26. The second-order valence-corrected chi connectivity index (χ2v) is 5.01. The summed E-state index contributed by atoms with van der Waals surface area (Å²) in [5.41, 5.74) is 0.740. The molecule has 1 aromatic heterocycles. The lowest BCUT2D eigenvalue weighted by molar-refractivity contribution is 0.102. The van der Waals surface area contributed by atoms with Crippen molar-refractivity contribution in [2.75, 3.05) is 24.8 Å². The molecule has 110 valence electrons. The zero-order valence-corrected chi connectivity index (χ0v) is 13.0. The lowest BCUT2D eigenvalue weighted by Crippen LogP contribution is -2.15. The summed E-state index contributed by atoms with van der Waals surface area (Å²) in [5, 5.41) is 5.52. The Labute approximate surface area is 129 Å². The second kappa shape index (κ2) is 6.53. The van der Waals surface area contributed by atoms with Crippen molar-refractivity contribution in [1.82, 2.24) is 4.98 Å². The summed E-state index contributed by atoms with van der Waals surface area (Å²) in [4.78, 5) is 16.4. The maximum Gasteiger partial charge on any atom is 0.259 e. The molecular formula is C14H13BrFN3O2. The lowest BCUT2D eigenvalue weighted by Gasteiger charge is -2.12. The molecule has 0 fully saturated rings. The third-order valence-corrected chi connectivity index (χ3v) is 3.18. The minimum Gasteiger partial charge on any atom is -0.494 e. The van der Waals surface area contributed by atoms with Crippen molar-refractivity contribution in [2.45, 2.75) is 0 Å². The van der Waals surface area contributed by atoms with Gasteiger partial charge in [0.05, 0.1) is 18.4 Å². The van der Waals surface area contributed by atoms with Gasteiger partial charge in [0.25, 0.3) is 5.91 Å². The molecular weight excluding hydrogens is 341 g/mol. The van der Waals surface area contributed by atoms with Gasteiger partial charge in [0.15, 0.2) is 0 Å². The van der Waals surface area contributed by atoms with Crippen LogP contribution in [0.25, 0.3) is 0 Å². The number of amides is 1. The van der Waals surface area contributed by atoms with E-state index in [1.54, 1.807) is 19.3 Å². The first-order chi connectivity index (χ1) is 10.0. The predicted octanol–water partition coefficient (Wildman–Crippen LogP) is 3.29. The van der Waals surface area contributed by atoms with Gasteiger partial charge in [-0.25, -0.2) is 9.37 Å². The van der Waals surface area contributed by atoms with Gasteiger partial charge in [0.1, 0.15) is 17.4 Å². The van der Waals surface area contributed by atoms with Crippen LogP contribution in [0.15, 0.2) is 34.9 Å². The van der Waals surface area contributed by atoms with Crippen LogP contribution >= 0.6 is 15.9 Å². The molecule has 0 aliphatic rings. The van der Waals surface area contributed by atoms with E-state index in [2.05, 4.69) is 31.5 Å². The SMILES string of the molecule is CNc1ncc(Br)cc1C(=O)Nc1ccc(F)cc1OC. The van der Waals surface area contributed by atoms with Crippen molar-refractivity contribution in [2.24, 2.45) is 0 Å². The van der Waals surface area contributed by atoms with Gasteiger partial charge in [0.2, 0.25) is 0 Å². The van der Waals surface area contributed by atoms with E-state index >= 15 is 0 Å². The Morgan fingerprint density at radius 2 is 2.14 bits per heavy atom. The zero-order valence-electron chi connectivity index (χ0n) is 11.4. The molecule has 7 heteroatoms. The molecule has 0 spiro atoms. The number of pyridine rings is 1. The molecule has 0 unspecified atom stereocenters. The van der Waals surface area contributed by atoms with E-state index < -0.39 is 5.82 Å². The second-order valence-electron chi connectivity index (χ2n) is 4.10. The molecule has 1 aromatic carbocycles. The molecule has 0 atom stereocenters. The average Bonchev–Trinajstić information content (AvgIpc) is 2.48. The molecule has 2 rings (SSSR count). The summed E-state index contributed by atoms with van der Waals surface area (Å²) < 4.78 is 18.9. The first kappa shape index (κ1) is 15.2. The lowest BCUT2D eigenvalue weighted by atomic mass is 10.2. The van der Waals surface area contributed by atoms with E-state index in [0.29, 0.717) is 21.5 Å². The van der Waals surface area contributed by atoms with Crippen molar-refractivity contribution in [3.05, 3.63) is 46.3 Å². The third-order valence-electron chi connectivity index (χ3n) is 2.75. The van der Waals surface area contributed by atoms with E-state index in [1.165, 1.54) is 25.3 Å². The number of hydrogen-bond donors (Lipinski definition) is 2. The summed E-state index contributed by atoms with van der Waals surface area (Å²) >= 11 is 3.27. The molecule has 0 saturated heterocycles. The highest BCUT2D eigenvalue weighted by Gasteiger charge is 2.15. The molecule has 0 radical (unpaired) electrons. The van der Waals surface area contributed by atoms with E-state index in [0.717, 1.165) is 0 Å². The molecule has 0 saturated carbocycles. The summed E-state index contributed by atoms with van der Waals surface area (Å²) in [6.45, 7) is 0. The van der Waals surface area contributed by atoms with E-state index in [4.69, 9.17) is 4.74 Å². The van der Waals surface area contributed by atoms with Crippen LogP contribution in [0.1, 0.15) is 10.4 Å². The number of carbonyl (C=O) groups is 1. The van der Waals surface area contributed by atoms with E-state index in [-0.39, 0.29) is 11.7 Å². The predicted molar refractivity (Wildman–Crippen MR) is 82.4 cm³/mol. The number of carbonyl (C=O) groups excluding carboxylic acids is 1. The average molecular weight is 354 g/mol. The number of benzene rings is 1. The fraction of sp³-hybridized carbons (Fsp3) is 0.143. The molecule has 2 aromatic rings. The maximum absolute atomic E-state index is 13.1. The number of ether oxygens (including phenoxy) is 1. The Morgan fingerprint density at radius 3 is 2.81 bits per heavy atom. The summed E-state index contributed by atoms with van der Waals surface area (Å²) in [6, 6.07) is 5.53. The van der Waals surface area contributed by atoms with Gasteiger partial charge in [-0.15, -0.1) is 0 Å². The smallest absolute Gasteiger partial charge is 0.259 e. The van der Waals surface area contributed by atoms with Crippen LogP contribution in [0.3, 0.4) is 0 Å². The van der Waals surface area contributed by atoms with Crippen LogP contribution < -0.4 is 15.4 Å². The molecule has 1 heterocycles. The molecule has 0 aliphatic carbocycles. The number of methoxy groups -OCH3 is 1. The topological polar surface area (TPSA) is 63.2 Å². The summed E-state index contributed by atoms with van der Waals surface area (Å²) in [5.74, 6) is -0.128. The minimum atomic E-state index is -0.440. The minimum absolute atomic E-state index is 0.248. The quantitative estimate of drug-likeness (QED) is 0.885. The largest absolute Gasteiger partial charge is 0.494 e. The van der Waals surface area contributed by atoms with Crippen LogP contribution in [0.2, 0.25) is 0 Å². The first-order valence-electron chi connectivity index (χ1n) is 6.03. The van der Waals surface area contributed by atoms with Crippen LogP contribution in [0.5, 0.6) is 5.75 Å². The number of anilines is 2. The Bertz CT molecular complexity index is 679. The Hall–Kier alpha value is -2.15. The summed E-state index contributed by atoms with van der Waals surface area (Å²) in [7, 11) is 3.08. The van der Waals surface area contributed by atoms with Crippen molar-refractivity contribution in [3.8, 4) is 5.75 Å². The Kier molecular flexibility index (Phi) is 4.74. The number of nitrogens with zero attached hydrogens (tertiary/aromatic N) is 1. The van der Waals surface area contributed by atoms with Crippen molar-refractivity contribution in [1.29, 1.82) is 0 Å². The molecule has 0 aliphatic heterocycles. The van der Waals surface area contributed by atoms with Crippen LogP contribution in [0.4, 0.5) is 15.9 Å². The zero-order chi connectivity index (χ0) is 15.4. The molecule has 1 amide bonds. The standard InChI is InChI=1S/C14H13BrFN3O2/c1-17-13-10(5-8(15)7-18-13)14(20)19-11-4-3-9(16)6-12(11)21-2/h3-7H,1-2H3,(H,17,18)(H,19,20). The number of rotatable bonds is 4. The van der Waals surface area contributed by atoms with Crippen LogP contribution in [0, 0.1) is 5.82 Å². The number of nitrogens with one attached hydrogen (secondary N) is 2. The van der Waals surface area contributed by atoms with Gasteiger partial charge in [0, 0.05) is 23.8 Å². The van der Waals surface area contributed by atoms with Crippen molar-refractivity contribution in [3.63, 3.8) is 0 Å². The summed E-state index contributed by atoms with van der Waals surface area (Å²) in [6.07, 6.45) is 1.58. The van der Waals surface area contributed by atoms with Gasteiger partial charge >= 0.3 is 0 Å². The fourth-order valence-corrected chi connectivity index (χ4v) is 2.10. The highest BCUT2D eigenvalue weighted by molar-refractivity contribution is 9.10. The maximum atomic E-state index is 13.1. The number of hydrogen-bond acceptors (Lipinski definition) is 4. The molecule has 5 nitrogen and oxygen atoms in total. The van der Waals surface area contributed by atoms with Gasteiger partial charge in [-0.2, -0.15) is 0 Å². The highest BCUT2D eigenvalue weighted by atomic mass is 79.9. The number of aromatic nitrogens is 1. The van der Waals surface area contributed by atoms with Crippen LogP contribution in [-0.2, 0) is 0 Å². The molecule has 2 N–H and O–H groups in total. The Balaban J connectivity index is 2.32. The number of halogens is 2. The van der Waals surface area contributed by atoms with Crippen LogP contribution in [-0.4, -0.2) is 25.0 Å². The van der Waals surface area contributed by atoms with E-state index in [1.807, 2.05) is 0 Å². The third kappa shape index (κ3) is 3.49. The van der Waals surface area contributed by atoms with Gasteiger partial charge < -0.3 is 15.4 Å². The molecule has 21 heavy (non-hydrogen) atoms. The van der Waals surface area contributed by atoms with Crippen molar-refractivity contribution < 1.29 is 13.9 Å². The Morgan fingerprint density at radius 1 is 1.38 bits per heavy atom. The van der Waals surface area contributed by atoms with Gasteiger partial charge in [-0.1, -0.05) is 0 Å². The van der Waals surface area contributed by atoms with E-state index in [9.17, 15) is 9.18 Å². The fourth-order valence-electron chi connectivity index (χ4n) is 1.77. The monoisotopic (exact) mass is 353 g/mol. The normalized spacial score (nSPS) is 10.1. The van der Waals surface area contributed by atoms with Gasteiger partial charge in [-0.05, 0) is 34.1 Å². The van der Waals surface area contributed by atoms with Crippen molar-refractivity contribution >= 4 is 33.3 Å². The van der Waals surface area contributed by atoms with Gasteiger partial charge in [-0.3, -0.25) is 4.79 Å². The molecule has 0 bridgehead atoms.